The number of ether oxygens (including phenoxy) is 2. The maximum atomic E-state index is 11.7. The van der Waals surface area contributed by atoms with Gasteiger partial charge in [0.25, 0.3) is 0 Å². The molecule has 0 aromatic heterocycles. The highest BCUT2D eigenvalue weighted by atomic mass is 16.7. The first kappa shape index (κ1) is 13.1. The van der Waals surface area contributed by atoms with Crippen LogP contribution in [-0.4, -0.2) is 36.0 Å². The summed E-state index contributed by atoms with van der Waals surface area (Å²) in [5.41, 5.74) is 3.61. The fourth-order valence-electron chi connectivity index (χ4n) is 3.48. The van der Waals surface area contributed by atoms with E-state index in [1.54, 1.807) is 6.92 Å². The van der Waals surface area contributed by atoms with Gasteiger partial charge < -0.3 is 14.9 Å². The molecule has 1 saturated carbocycles. The van der Waals surface area contributed by atoms with Crippen LogP contribution in [0.25, 0.3) is 0 Å². The van der Waals surface area contributed by atoms with Gasteiger partial charge in [-0.25, -0.2) is 0 Å². The highest BCUT2D eigenvalue weighted by molar-refractivity contribution is 6.40. The van der Waals surface area contributed by atoms with E-state index in [0.29, 0.717) is 12.3 Å². The molecule has 1 N–H and O–H groups in total. The van der Waals surface area contributed by atoms with E-state index in [2.05, 4.69) is 10.5 Å². The normalized spacial score (nSPS) is 37.2. The summed E-state index contributed by atoms with van der Waals surface area (Å²) in [4.78, 5) is 11.7. The standard InChI is InChI=1S/C14H22N2O3/c1-9-12(13(10(2)17)16-15-9)11-8-18-14(19-11)6-4-3-5-7-14/h9,11-12,15H,3-8H2,1-2H3/t9-,11-,12+/m1/s1. The molecule has 5 heteroatoms. The molecular formula is C14H22N2O3. The minimum absolute atomic E-state index is 0.0128. The third kappa shape index (κ3) is 2.30. The van der Waals surface area contributed by atoms with Crippen LogP contribution in [0.3, 0.4) is 0 Å². The molecule has 5 nitrogen and oxygen atoms in total. The van der Waals surface area contributed by atoms with Gasteiger partial charge in [0.15, 0.2) is 11.6 Å². The Morgan fingerprint density at radius 3 is 2.79 bits per heavy atom. The first-order valence-electron chi connectivity index (χ1n) is 7.27. The number of nitrogens with zero attached hydrogens (tertiary/aromatic N) is 1. The minimum Gasteiger partial charge on any atom is -0.347 e. The Hall–Kier alpha value is -0.940. The van der Waals surface area contributed by atoms with Crippen LogP contribution in [0.4, 0.5) is 0 Å². The summed E-state index contributed by atoms with van der Waals surface area (Å²) in [6.45, 7) is 4.18. The number of carbonyl (C=O) groups is 1. The monoisotopic (exact) mass is 266 g/mol. The third-order valence-corrected chi connectivity index (χ3v) is 4.50. The Kier molecular flexibility index (Phi) is 3.35. The topological polar surface area (TPSA) is 59.9 Å². The lowest BCUT2D eigenvalue weighted by atomic mass is 9.89. The molecule has 0 aromatic carbocycles. The van der Waals surface area contributed by atoms with E-state index in [4.69, 9.17) is 9.47 Å². The molecular weight excluding hydrogens is 244 g/mol. The fraction of sp³-hybridized carbons (Fsp3) is 0.857. The van der Waals surface area contributed by atoms with Crippen molar-refractivity contribution in [2.45, 2.75) is 63.9 Å². The number of nitrogens with one attached hydrogen (secondary N) is 1. The molecule has 2 aliphatic heterocycles. The number of hydrogen-bond donors (Lipinski definition) is 1. The number of ketones is 1. The molecule has 3 aliphatic rings. The third-order valence-electron chi connectivity index (χ3n) is 4.50. The van der Waals surface area contributed by atoms with Gasteiger partial charge in [-0.2, -0.15) is 5.10 Å². The van der Waals surface area contributed by atoms with Gasteiger partial charge in [-0.05, 0) is 19.8 Å². The average molecular weight is 266 g/mol. The second-order valence-electron chi connectivity index (χ2n) is 5.94. The highest BCUT2D eigenvalue weighted by Crippen LogP contribution is 2.40. The van der Waals surface area contributed by atoms with Crippen molar-refractivity contribution in [3.63, 3.8) is 0 Å². The number of carbonyl (C=O) groups excluding carboxylic acids is 1. The lowest BCUT2D eigenvalue weighted by Gasteiger charge is -2.32. The summed E-state index contributed by atoms with van der Waals surface area (Å²) in [6, 6.07) is 0.131. The van der Waals surface area contributed by atoms with Crippen LogP contribution in [0.2, 0.25) is 0 Å². The van der Waals surface area contributed by atoms with Gasteiger partial charge in [0.2, 0.25) is 0 Å². The molecule has 0 radical (unpaired) electrons. The van der Waals surface area contributed by atoms with Crippen LogP contribution >= 0.6 is 0 Å². The van der Waals surface area contributed by atoms with E-state index < -0.39 is 0 Å². The van der Waals surface area contributed by atoms with Crippen molar-refractivity contribution in [2.75, 3.05) is 6.61 Å². The Morgan fingerprint density at radius 1 is 1.37 bits per heavy atom. The van der Waals surface area contributed by atoms with Gasteiger partial charge in [-0.1, -0.05) is 6.42 Å². The molecule has 1 aliphatic carbocycles. The summed E-state index contributed by atoms with van der Waals surface area (Å²) in [5, 5.41) is 4.16. The summed E-state index contributed by atoms with van der Waals surface area (Å²) >= 11 is 0. The van der Waals surface area contributed by atoms with Crippen molar-refractivity contribution in [3.05, 3.63) is 0 Å². The lowest BCUT2D eigenvalue weighted by molar-refractivity contribution is -0.189. The average Bonchev–Trinajstić information content (AvgIpc) is 2.95. The van der Waals surface area contributed by atoms with Crippen molar-refractivity contribution in [1.29, 1.82) is 0 Å². The second kappa shape index (κ2) is 4.87. The van der Waals surface area contributed by atoms with E-state index >= 15 is 0 Å². The molecule has 2 fully saturated rings. The predicted molar refractivity (Wildman–Crippen MR) is 70.8 cm³/mol. The van der Waals surface area contributed by atoms with Crippen molar-refractivity contribution in [2.24, 2.45) is 11.0 Å². The zero-order chi connectivity index (χ0) is 13.5. The zero-order valence-corrected chi connectivity index (χ0v) is 11.6. The van der Waals surface area contributed by atoms with E-state index in [1.807, 2.05) is 6.92 Å². The SMILES string of the molecule is CC(=O)C1=NN[C@H](C)[C@H]1[C@H]1COC2(CCCCC2)O1. The first-order chi connectivity index (χ1) is 9.11. The first-order valence-corrected chi connectivity index (χ1v) is 7.27. The molecule has 1 spiro atoms. The molecule has 0 bridgehead atoms. The van der Waals surface area contributed by atoms with Crippen molar-refractivity contribution in [1.82, 2.24) is 5.43 Å². The number of hydrazone groups is 1. The van der Waals surface area contributed by atoms with Gasteiger partial charge in [0.1, 0.15) is 5.71 Å². The van der Waals surface area contributed by atoms with Gasteiger partial charge in [-0.3, -0.25) is 4.79 Å². The van der Waals surface area contributed by atoms with Gasteiger partial charge in [-0.15, -0.1) is 0 Å². The van der Waals surface area contributed by atoms with E-state index in [9.17, 15) is 4.79 Å². The Bertz CT molecular complexity index is 401. The largest absolute Gasteiger partial charge is 0.347 e. The van der Waals surface area contributed by atoms with Gasteiger partial charge in [0, 0.05) is 19.8 Å². The smallest absolute Gasteiger partial charge is 0.176 e. The maximum Gasteiger partial charge on any atom is 0.176 e. The molecule has 3 atom stereocenters. The predicted octanol–water partition coefficient (Wildman–Crippen LogP) is 1.62. The molecule has 19 heavy (non-hydrogen) atoms. The zero-order valence-electron chi connectivity index (χ0n) is 11.6. The van der Waals surface area contributed by atoms with Crippen LogP contribution in [-0.2, 0) is 14.3 Å². The summed E-state index contributed by atoms with van der Waals surface area (Å²) < 4.78 is 12.2. The van der Waals surface area contributed by atoms with Crippen LogP contribution in [0.15, 0.2) is 5.10 Å². The Balaban J connectivity index is 1.73. The summed E-state index contributed by atoms with van der Waals surface area (Å²) in [7, 11) is 0. The molecule has 3 rings (SSSR count). The van der Waals surface area contributed by atoms with Crippen molar-refractivity contribution < 1.29 is 14.3 Å². The van der Waals surface area contributed by atoms with E-state index in [1.165, 1.54) is 19.3 Å². The van der Waals surface area contributed by atoms with Crippen LogP contribution in [0.1, 0.15) is 46.0 Å². The van der Waals surface area contributed by atoms with Crippen molar-refractivity contribution in [3.8, 4) is 0 Å². The van der Waals surface area contributed by atoms with Gasteiger partial charge in [0.05, 0.1) is 24.7 Å². The van der Waals surface area contributed by atoms with E-state index in [-0.39, 0.29) is 29.6 Å². The number of Topliss-reactive ketones (excluding diaryl/α,β-unsaturated/α-hetero) is 1. The summed E-state index contributed by atoms with van der Waals surface area (Å²) in [5.74, 6) is -0.346. The molecule has 106 valence electrons. The summed E-state index contributed by atoms with van der Waals surface area (Å²) in [6.07, 6.45) is 5.50. The van der Waals surface area contributed by atoms with Crippen LogP contribution in [0.5, 0.6) is 0 Å². The molecule has 0 unspecified atom stereocenters. The van der Waals surface area contributed by atoms with Crippen LogP contribution in [0, 0.1) is 5.92 Å². The fourth-order valence-corrected chi connectivity index (χ4v) is 3.48. The molecule has 1 saturated heterocycles. The molecule has 0 aromatic rings. The minimum atomic E-state index is -0.382. The van der Waals surface area contributed by atoms with Crippen LogP contribution < -0.4 is 5.43 Å². The second-order valence-corrected chi connectivity index (χ2v) is 5.94. The van der Waals surface area contributed by atoms with Gasteiger partial charge >= 0.3 is 0 Å². The maximum absolute atomic E-state index is 11.7. The molecule has 0 amide bonds. The Morgan fingerprint density at radius 2 is 2.11 bits per heavy atom. The van der Waals surface area contributed by atoms with Crippen molar-refractivity contribution >= 4 is 11.5 Å². The quantitative estimate of drug-likeness (QED) is 0.825. The Labute approximate surface area is 113 Å². The molecule has 2 heterocycles. The highest BCUT2D eigenvalue weighted by Gasteiger charge is 2.48. The number of rotatable bonds is 2. The lowest BCUT2D eigenvalue weighted by Crippen LogP contribution is -2.41. The van der Waals surface area contributed by atoms with E-state index in [0.717, 1.165) is 12.8 Å². The number of hydrogen-bond acceptors (Lipinski definition) is 5.